The molecule has 3 aromatic rings. The number of sulfonamides is 1. The van der Waals surface area contributed by atoms with Gasteiger partial charge in [0.05, 0.1) is 17.7 Å². The summed E-state index contributed by atoms with van der Waals surface area (Å²) in [7, 11) is -2.71. The molecule has 0 bridgehead atoms. The molecule has 37 heavy (non-hydrogen) atoms. The Morgan fingerprint density at radius 3 is 2.22 bits per heavy atom. The minimum Gasteiger partial charge on any atom is -0.495 e. The molecule has 8 nitrogen and oxygen atoms in total. The van der Waals surface area contributed by atoms with Crippen LogP contribution < -0.4 is 14.4 Å². The zero-order chi connectivity index (χ0) is 27.0. The van der Waals surface area contributed by atoms with E-state index in [1.165, 1.54) is 24.1 Å². The summed E-state index contributed by atoms with van der Waals surface area (Å²) < 4.78 is 34.1. The highest BCUT2D eigenvalue weighted by Gasteiger charge is 2.33. The minimum atomic E-state index is -4.15. The molecule has 3 aromatic carbocycles. The van der Waals surface area contributed by atoms with Crippen molar-refractivity contribution >= 4 is 27.5 Å². The molecule has 0 saturated heterocycles. The first-order valence-electron chi connectivity index (χ1n) is 12.0. The number of para-hydroxylation sites is 2. The van der Waals surface area contributed by atoms with Crippen LogP contribution in [0.15, 0.2) is 83.8 Å². The lowest BCUT2D eigenvalue weighted by Gasteiger charge is -2.32. The summed E-state index contributed by atoms with van der Waals surface area (Å²) in [5.41, 5.74) is 2.05. The van der Waals surface area contributed by atoms with Crippen molar-refractivity contribution in [3.63, 3.8) is 0 Å². The number of carbonyl (C=O) groups is 2. The van der Waals surface area contributed by atoms with E-state index in [4.69, 9.17) is 4.74 Å². The number of hydrogen-bond acceptors (Lipinski definition) is 5. The highest BCUT2D eigenvalue weighted by atomic mass is 32.2. The van der Waals surface area contributed by atoms with Crippen LogP contribution in [-0.4, -0.2) is 51.4 Å². The highest BCUT2D eigenvalue weighted by Crippen LogP contribution is 2.32. The van der Waals surface area contributed by atoms with E-state index in [1.54, 1.807) is 56.3 Å². The third kappa shape index (κ3) is 6.48. The van der Waals surface area contributed by atoms with Gasteiger partial charge in [0, 0.05) is 13.1 Å². The number of methoxy groups -OCH3 is 1. The van der Waals surface area contributed by atoms with Crippen molar-refractivity contribution in [3.05, 3.63) is 90.0 Å². The van der Waals surface area contributed by atoms with Crippen molar-refractivity contribution < 1.29 is 22.7 Å². The number of aryl methyl sites for hydroxylation is 1. The summed E-state index contributed by atoms with van der Waals surface area (Å²) in [6, 6.07) is 21.3. The second-order valence-electron chi connectivity index (χ2n) is 8.52. The van der Waals surface area contributed by atoms with Crippen molar-refractivity contribution in [2.75, 3.05) is 24.5 Å². The normalized spacial score (nSPS) is 11.9. The first-order valence-corrected chi connectivity index (χ1v) is 13.5. The minimum absolute atomic E-state index is 0.0379. The van der Waals surface area contributed by atoms with E-state index in [1.807, 2.05) is 31.2 Å². The van der Waals surface area contributed by atoms with Crippen LogP contribution in [0, 0.1) is 6.92 Å². The smallest absolute Gasteiger partial charge is 0.264 e. The summed E-state index contributed by atoms with van der Waals surface area (Å²) in [6.45, 7) is 5.40. The van der Waals surface area contributed by atoms with Crippen LogP contribution in [0.3, 0.4) is 0 Å². The zero-order valence-electron chi connectivity index (χ0n) is 21.5. The zero-order valence-corrected chi connectivity index (χ0v) is 22.4. The maximum atomic E-state index is 13.9. The van der Waals surface area contributed by atoms with Gasteiger partial charge in [-0.25, -0.2) is 8.42 Å². The van der Waals surface area contributed by atoms with Gasteiger partial charge in [-0.1, -0.05) is 54.6 Å². The predicted molar refractivity (Wildman–Crippen MR) is 144 cm³/mol. The second kappa shape index (κ2) is 12.4. The van der Waals surface area contributed by atoms with Crippen LogP contribution in [-0.2, 0) is 26.2 Å². The molecule has 0 fully saturated rings. The van der Waals surface area contributed by atoms with Gasteiger partial charge in [-0.05, 0) is 56.2 Å². The maximum Gasteiger partial charge on any atom is 0.264 e. The summed E-state index contributed by atoms with van der Waals surface area (Å²) in [5, 5.41) is 2.76. The van der Waals surface area contributed by atoms with Gasteiger partial charge in [0.25, 0.3) is 10.0 Å². The number of nitrogens with one attached hydrogen (secondary N) is 1. The molecule has 0 aromatic heterocycles. The van der Waals surface area contributed by atoms with Gasteiger partial charge in [-0.15, -0.1) is 0 Å². The Bertz CT molecular complexity index is 1330. The Kier molecular flexibility index (Phi) is 9.30. The molecule has 1 unspecified atom stereocenters. The van der Waals surface area contributed by atoms with Gasteiger partial charge in [0.15, 0.2) is 0 Å². The molecule has 9 heteroatoms. The molecule has 0 spiro atoms. The van der Waals surface area contributed by atoms with Crippen LogP contribution >= 0.6 is 0 Å². The molecule has 0 aliphatic carbocycles. The number of anilines is 1. The van der Waals surface area contributed by atoms with Crippen LogP contribution in [0.4, 0.5) is 5.69 Å². The Balaban J connectivity index is 2.07. The Morgan fingerprint density at radius 1 is 0.946 bits per heavy atom. The van der Waals surface area contributed by atoms with Crippen LogP contribution in [0.1, 0.15) is 25.0 Å². The molecular weight excluding hydrogens is 490 g/mol. The number of hydrogen-bond donors (Lipinski definition) is 1. The lowest BCUT2D eigenvalue weighted by molar-refractivity contribution is -0.139. The fourth-order valence-corrected chi connectivity index (χ4v) is 5.39. The third-order valence-corrected chi connectivity index (χ3v) is 7.86. The molecule has 2 amide bonds. The SMILES string of the molecule is CCNC(=O)C(C)N(Cc1ccccc1C)C(=O)CN(c1ccccc1OC)S(=O)(=O)c1ccccc1. The number of carbonyl (C=O) groups excluding carboxylic acids is 2. The monoisotopic (exact) mass is 523 g/mol. The van der Waals surface area contributed by atoms with Crippen molar-refractivity contribution in [1.29, 1.82) is 0 Å². The van der Waals surface area contributed by atoms with E-state index in [9.17, 15) is 18.0 Å². The number of nitrogens with zero attached hydrogens (tertiary/aromatic N) is 2. The Morgan fingerprint density at radius 2 is 1.57 bits per heavy atom. The Labute approximate surface area is 218 Å². The number of ether oxygens (including phenoxy) is 1. The largest absolute Gasteiger partial charge is 0.495 e. The molecule has 1 N–H and O–H groups in total. The number of amides is 2. The van der Waals surface area contributed by atoms with Gasteiger partial charge in [0.1, 0.15) is 18.3 Å². The predicted octanol–water partition coefficient (Wildman–Crippen LogP) is 3.75. The quantitative estimate of drug-likeness (QED) is 0.413. The van der Waals surface area contributed by atoms with Gasteiger partial charge in [-0.3, -0.25) is 13.9 Å². The first kappa shape index (κ1) is 27.7. The van der Waals surface area contributed by atoms with E-state index < -0.39 is 28.5 Å². The van der Waals surface area contributed by atoms with Crippen molar-refractivity contribution in [1.82, 2.24) is 10.2 Å². The average molecular weight is 524 g/mol. The van der Waals surface area contributed by atoms with Crippen LogP contribution in [0.5, 0.6) is 5.75 Å². The Hall–Kier alpha value is -3.85. The number of benzene rings is 3. The van der Waals surface area contributed by atoms with Gasteiger partial charge >= 0.3 is 0 Å². The molecule has 0 heterocycles. The number of likely N-dealkylation sites (N-methyl/N-ethyl adjacent to an activating group) is 1. The highest BCUT2D eigenvalue weighted by molar-refractivity contribution is 7.92. The molecular formula is C28H33N3O5S. The molecule has 196 valence electrons. The first-order chi connectivity index (χ1) is 17.7. The summed E-state index contributed by atoms with van der Waals surface area (Å²) in [6.07, 6.45) is 0. The van der Waals surface area contributed by atoms with Gasteiger partial charge < -0.3 is 15.0 Å². The van der Waals surface area contributed by atoms with E-state index >= 15 is 0 Å². The lowest BCUT2D eigenvalue weighted by atomic mass is 10.1. The number of rotatable bonds is 11. The van der Waals surface area contributed by atoms with E-state index in [0.717, 1.165) is 15.4 Å². The second-order valence-corrected chi connectivity index (χ2v) is 10.4. The van der Waals surface area contributed by atoms with Gasteiger partial charge in [-0.2, -0.15) is 0 Å². The molecule has 0 aliphatic rings. The summed E-state index contributed by atoms with van der Waals surface area (Å²) in [4.78, 5) is 28.1. The van der Waals surface area contributed by atoms with E-state index in [2.05, 4.69) is 5.32 Å². The van der Waals surface area contributed by atoms with Crippen molar-refractivity contribution in [2.24, 2.45) is 0 Å². The van der Waals surface area contributed by atoms with E-state index in [-0.39, 0.29) is 23.0 Å². The van der Waals surface area contributed by atoms with Crippen LogP contribution in [0.2, 0.25) is 0 Å². The van der Waals surface area contributed by atoms with Crippen molar-refractivity contribution in [3.8, 4) is 5.75 Å². The summed E-state index contributed by atoms with van der Waals surface area (Å²) in [5.74, 6) is -0.538. The summed E-state index contributed by atoms with van der Waals surface area (Å²) >= 11 is 0. The van der Waals surface area contributed by atoms with Gasteiger partial charge in [0.2, 0.25) is 11.8 Å². The van der Waals surface area contributed by atoms with Crippen LogP contribution in [0.25, 0.3) is 0 Å². The maximum absolute atomic E-state index is 13.9. The third-order valence-electron chi connectivity index (χ3n) is 6.08. The molecule has 0 radical (unpaired) electrons. The fraction of sp³-hybridized carbons (Fsp3) is 0.286. The topological polar surface area (TPSA) is 96.0 Å². The average Bonchev–Trinajstić information content (AvgIpc) is 2.91. The molecule has 1 atom stereocenters. The van der Waals surface area contributed by atoms with Crippen molar-refractivity contribution in [2.45, 2.75) is 38.3 Å². The molecule has 3 rings (SSSR count). The lowest BCUT2D eigenvalue weighted by Crippen LogP contribution is -2.51. The molecule has 0 aliphatic heterocycles. The standard InChI is InChI=1S/C28H33N3O5S/c1-5-29-28(33)22(3)30(19-23-14-10-9-13-21(23)2)27(32)20-31(25-17-11-12-18-26(25)36-4)37(34,35)24-15-7-6-8-16-24/h6-18,22H,5,19-20H2,1-4H3,(H,29,33). The molecule has 0 saturated carbocycles. The fourth-order valence-electron chi connectivity index (χ4n) is 3.94. The van der Waals surface area contributed by atoms with E-state index in [0.29, 0.717) is 12.3 Å².